The number of rotatable bonds is 3. The number of carbonyl (C=O) groups excluding carboxylic acids is 1. The van der Waals surface area contributed by atoms with Crippen molar-refractivity contribution in [3.05, 3.63) is 32.6 Å². The van der Waals surface area contributed by atoms with Crippen LogP contribution < -0.4 is 22.3 Å². The number of H-pyrrole nitrogens is 2. The molecule has 1 rings (SSSR count). The van der Waals surface area contributed by atoms with E-state index >= 15 is 0 Å². The van der Waals surface area contributed by atoms with E-state index in [2.05, 4.69) is 10.3 Å². The van der Waals surface area contributed by atoms with E-state index in [0.717, 1.165) is 6.07 Å². The first-order valence-corrected chi connectivity index (χ1v) is 3.95. The van der Waals surface area contributed by atoms with Crippen molar-refractivity contribution in [2.75, 3.05) is 13.1 Å². The van der Waals surface area contributed by atoms with Crippen molar-refractivity contribution in [3.8, 4) is 0 Å². The summed E-state index contributed by atoms with van der Waals surface area (Å²) in [5.74, 6) is -0.529. The Bertz CT molecular complexity index is 405. The van der Waals surface area contributed by atoms with Crippen LogP contribution in [0.5, 0.6) is 0 Å². The summed E-state index contributed by atoms with van der Waals surface area (Å²) in [5.41, 5.74) is 3.75. The predicted octanol–water partition coefficient (Wildman–Crippen LogP) is -2.25. The summed E-state index contributed by atoms with van der Waals surface area (Å²) < 4.78 is 0. The van der Waals surface area contributed by atoms with Gasteiger partial charge in [-0.3, -0.25) is 14.6 Å². The van der Waals surface area contributed by atoms with Gasteiger partial charge in [0.05, 0.1) is 0 Å². The van der Waals surface area contributed by atoms with E-state index in [1.807, 2.05) is 4.98 Å². The lowest BCUT2D eigenvalue weighted by atomic mass is 10.4. The third-order valence-corrected chi connectivity index (χ3v) is 1.43. The van der Waals surface area contributed by atoms with Gasteiger partial charge in [-0.1, -0.05) is 0 Å². The SMILES string of the molecule is NCCNC(=O)c1cc(=O)[nH]c(=O)[nH]1. The molecule has 14 heavy (non-hydrogen) atoms. The summed E-state index contributed by atoms with van der Waals surface area (Å²) in [4.78, 5) is 36.9. The van der Waals surface area contributed by atoms with Crippen molar-refractivity contribution >= 4 is 5.91 Å². The van der Waals surface area contributed by atoms with Crippen LogP contribution in [0.4, 0.5) is 0 Å². The quantitative estimate of drug-likeness (QED) is 0.438. The van der Waals surface area contributed by atoms with Crippen molar-refractivity contribution in [1.29, 1.82) is 0 Å². The maximum atomic E-state index is 11.2. The second kappa shape index (κ2) is 4.38. The van der Waals surface area contributed by atoms with E-state index in [1.165, 1.54) is 0 Å². The first-order valence-electron chi connectivity index (χ1n) is 3.95. The molecule has 0 radical (unpaired) electrons. The molecule has 0 aliphatic carbocycles. The minimum atomic E-state index is -0.713. The Morgan fingerprint density at radius 3 is 2.71 bits per heavy atom. The first kappa shape index (κ1) is 10.2. The minimum absolute atomic E-state index is 0.0767. The van der Waals surface area contributed by atoms with E-state index < -0.39 is 17.2 Å². The molecule has 7 nitrogen and oxygen atoms in total. The third-order valence-electron chi connectivity index (χ3n) is 1.43. The van der Waals surface area contributed by atoms with Gasteiger partial charge in [-0.05, 0) is 0 Å². The molecule has 0 atom stereocenters. The second-order valence-electron chi connectivity index (χ2n) is 2.55. The highest BCUT2D eigenvalue weighted by Crippen LogP contribution is 1.83. The lowest BCUT2D eigenvalue weighted by molar-refractivity contribution is 0.0949. The van der Waals surface area contributed by atoms with E-state index in [9.17, 15) is 14.4 Å². The molecule has 1 amide bonds. The Balaban J connectivity index is 2.90. The molecule has 0 unspecified atom stereocenters. The maximum absolute atomic E-state index is 11.2. The molecule has 0 aliphatic rings. The molecule has 76 valence electrons. The summed E-state index contributed by atoms with van der Waals surface area (Å²) >= 11 is 0. The van der Waals surface area contributed by atoms with Gasteiger partial charge in [-0.2, -0.15) is 0 Å². The highest BCUT2D eigenvalue weighted by molar-refractivity contribution is 5.91. The first-order chi connectivity index (χ1) is 6.63. The largest absolute Gasteiger partial charge is 0.349 e. The lowest BCUT2D eigenvalue weighted by Crippen LogP contribution is -2.33. The van der Waals surface area contributed by atoms with Gasteiger partial charge in [-0.15, -0.1) is 0 Å². The molecule has 0 aromatic carbocycles. The topological polar surface area (TPSA) is 121 Å². The zero-order valence-electron chi connectivity index (χ0n) is 7.29. The normalized spacial score (nSPS) is 9.79. The Kier molecular flexibility index (Phi) is 3.19. The van der Waals surface area contributed by atoms with Gasteiger partial charge in [0.25, 0.3) is 11.5 Å². The Morgan fingerprint density at radius 2 is 2.14 bits per heavy atom. The van der Waals surface area contributed by atoms with Crippen LogP contribution in [-0.4, -0.2) is 29.0 Å². The van der Waals surface area contributed by atoms with Crippen LogP contribution in [0, 0.1) is 0 Å². The number of nitrogens with two attached hydrogens (primary N) is 1. The number of nitrogens with one attached hydrogen (secondary N) is 3. The molecule has 0 spiro atoms. The smallest absolute Gasteiger partial charge is 0.326 e. The number of aromatic amines is 2. The molecular formula is C7H10N4O3. The van der Waals surface area contributed by atoms with Crippen LogP contribution in [0.2, 0.25) is 0 Å². The number of aromatic nitrogens is 2. The third kappa shape index (κ3) is 2.56. The molecule has 0 bridgehead atoms. The fraction of sp³-hybridized carbons (Fsp3) is 0.286. The van der Waals surface area contributed by atoms with Gasteiger partial charge in [-0.25, -0.2) is 4.79 Å². The maximum Gasteiger partial charge on any atom is 0.326 e. The molecule has 0 saturated carbocycles. The van der Waals surface area contributed by atoms with Gasteiger partial charge in [0, 0.05) is 19.2 Å². The molecule has 7 heteroatoms. The van der Waals surface area contributed by atoms with Crippen LogP contribution in [0.25, 0.3) is 0 Å². The number of hydrogen-bond acceptors (Lipinski definition) is 4. The van der Waals surface area contributed by atoms with Crippen LogP contribution in [0.3, 0.4) is 0 Å². The Hall–Kier alpha value is -1.89. The molecule has 0 saturated heterocycles. The highest BCUT2D eigenvalue weighted by atomic mass is 16.2. The minimum Gasteiger partial charge on any atom is -0.349 e. The van der Waals surface area contributed by atoms with Crippen LogP contribution in [0.15, 0.2) is 15.7 Å². The van der Waals surface area contributed by atoms with E-state index in [-0.39, 0.29) is 12.2 Å². The Morgan fingerprint density at radius 1 is 1.43 bits per heavy atom. The van der Waals surface area contributed by atoms with Gasteiger partial charge in [0.2, 0.25) is 0 Å². The number of carbonyl (C=O) groups is 1. The molecule has 5 N–H and O–H groups in total. The van der Waals surface area contributed by atoms with Gasteiger partial charge < -0.3 is 16.0 Å². The van der Waals surface area contributed by atoms with Crippen LogP contribution in [0.1, 0.15) is 10.5 Å². The molecule has 0 aliphatic heterocycles. The van der Waals surface area contributed by atoms with Crippen molar-refractivity contribution in [2.45, 2.75) is 0 Å². The highest BCUT2D eigenvalue weighted by Gasteiger charge is 2.05. The van der Waals surface area contributed by atoms with Crippen LogP contribution >= 0.6 is 0 Å². The van der Waals surface area contributed by atoms with Crippen molar-refractivity contribution < 1.29 is 4.79 Å². The standard InChI is InChI=1S/C7H10N4O3/c8-1-2-9-6(13)4-3-5(12)11-7(14)10-4/h3H,1-2,8H2,(H,9,13)(H2,10,11,12,14). The Labute approximate surface area is 78.3 Å². The zero-order valence-corrected chi connectivity index (χ0v) is 7.29. The molecule has 1 heterocycles. The zero-order chi connectivity index (χ0) is 10.6. The molecular weight excluding hydrogens is 188 g/mol. The molecule has 1 aromatic rings. The summed E-state index contributed by atoms with van der Waals surface area (Å²) in [7, 11) is 0. The summed E-state index contributed by atoms with van der Waals surface area (Å²) in [6.45, 7) is 0.576. The fourth-order valence-corrected chi connectivity index (χ4v) is 0.872. The van der Waals surface area contributed by atoms with E-state index in [4.69, 9.17) is 5.73 Å². The second-order valence-corrected chi connectivity index (χ2v) is 2.55. The fourth-order valence-electron chi connectivity index (χ4n) is 0.872. The summed E-state index contributed by atoms with van der Waals surface area (Å²) in [6, 6.07) is 1.01. The van der Waals surface area contributed by atoms with Gasteiger partial charge >= 0.3 is 5.69 Å². The average Bonchev–Trinajstić information content (AvgIpc) is 2.12. The lowest BCUT2D eigenvalue weighted by Gasteiger charge is -2.01. The van der Waals surface area contributed by atoms with Crippen molar-refractivity contribution in [2.24, 2.45) is 5.73 Å². The molecule has 1 aromatic heterocycles. The summed E-state index contributed by atoms with van der Waals surface area (Å²) in [6.07, 6.45) is 0. The molecule has 0 fully saturated rings. The van der Waals surface area contributed by atoms with Crippen LogP contribution in [-0.2, 0) is 0 Å². The van der Waals surface area contributed by atoms with Crippen molar-refractivity contribution in [1.82, 2.24) is 15.3 Å². The van der Waals surface area contributed by atoms with E-state index in [1.54, 1.807) is 0 Å². The van der Waals surface area contributed by atoms with E-state index in [0.29, 0.717) is 6.54 Å². The number of hydrogen-bond donors (Lipinski definition) is 4. The monoisotopic (exact) mass is 198 g/mol. The van der Waals surface area contributed by atoms with Gasteiger partial charge in [0.1, 0.15) is 5.69 Å². The van der Waals surface area contributed by atoms with Crippen molar-refractivity contribution in [3.63, 3.8) is 0 Å². The number of amides is 1. The average molecular weight is 198 g/mol. The summed E-state index contributed by atoms with van der Waals surface area (Å²) in [5, 5.41) is 2.42. The predicted molar refractivity (Wildman–Crippen MR) is 49.1 cm³/mol. The van der Waals surface area contributed by atoms with Gasteiger partial charge in [0.15, 0.2) is 0 Å².